The summed E-state index contributed by atoms with van der Waals surface area (Å²) < 4.78 is 5.40. The maximum atomic E-state index is 12.2. The largest absolute Gasteiger partial charge is 0.390 e. The maximum absolute atomic E-state index is 12.2. The van der Waals surface area contributed by atoms with Gasteiger partial charge in [-0.3, -0.25) is 9.69 Å². The van der Waals surface area contributed by atoms with Gasteiger partial charge in [-0.1, -0.05) is 43.7 Å². The molecule has 1 saturated heterocycles. The van der Waals surface area contributed by atoms with Gasteiger partial charge < -0.3 is 14.7 Å². The first-order valence-electron chi connectivity index (χ1n) is 8.49. The molecule has 1 heterocycles. The third-order valence-electron chi connectivity index (χ3n) is 4.06. The molecule has 2 rings (SSSR count). The van der Waals surface area contributed by atoms with E-state index in [1.807, 2.05) is 18.2 Å². The zero-order chi connectivity index (χ0) is 16.5. The van der Waals surface area contributed by atoms with Crippen LogP contribution in [0, 0.1) is 0 Å². The molecule has 0 aromatic heterocycles. The normalized spacial score (nSPS) is 19.6. The molecule has 0 bridgehead atoms. The van der Waals surface area contributed by atoms with E-state index in [2.05, 4.69) is 24.0 Å². The molecule has 0 saturated carbocycles. The number of aliphatic hydroxyl groups excluding tert-OH is 1. The fourth-order valence-corrected chi connectivity index (χ4v) is 2.76. The van der Waals surface area contributed by atoms with Crippen molar-refractivity contribution in [2.24, 2.45) is 0 Å². The van der Waals surface area contributed by atoms with E-state index in [4.69, 9.17) is 4.74 Å². The Morgan fingerprint density at radius 3 is 2.78 bits per heavy atom. The van der Waals surface area contributed by atoms with E-state index in [0.29, 0.717) is 26.2 Å². The van der Waals surface area contributed by atoms with Gasteiger partial charge in [0.25, 0.3) is 0 Å². The molecule has 1 aromatic rings. The van der Waals surface area contributed by atoms with E-state index < -0.39 is 6.10 Å². The molecular formula is C18H28N2O3. The second-order valence-electron chi connectivity index (χ2n) is 6.12. The topological polar surface area (TPSA) is 53.0 Å². The van der Waals surface area contributed by atoms with Crippen LogP contribution in [-0.2, 0) is 16.1 Å². The van der Waals surface area contributed by atoms with Gasteiger partial charge in [0.1, 0.15) is 6.61 Å². The monoisotopic (exact) mass is 320 g/mol. The number of unbranched alkanes of at least 4 members (excludes halogenated alkanes) is 1. The number of β-amino-alcohol motifs (C(OH)–C–C–N with tert-alkyl or cyclic N) is 1. The Hall–Kier alpha value is -1.43. The van der Waals surface area contributed by atoms with E-state index in [1.54, 1.807) is 4.90 Å². The van der Waals surface area contributed by atoms with E-state index >= 15 is 0 Å². The molecule has 1 fully saturated rings. The van der Waals surface area contributed by atoms with Crippen LogP contribution in [0.25, 0.3) is 0 Å². The fourth-order valence-electron chi connectivity index (χ4n) is 2.76. The van der Waals surface area contributed by atoms with Crippen molar-refractivity contribution < 1.29 is 14.6 Å². The number of hydrogen-bond acceptors (Lipinski definition) is 4. The Kier molecular flexibility index (Phi) is 7.52. The summed E-state index contributed by atoms with van der Waals surface area (Å²) in [5, 5.41) is 10.2. The van der Waals surface area contributed by atoms with Crippen LogP contribution in [0.1, 0.15) is 25.3 Å². The number of amides is 1. The van der Waals surface area contributed by atoms with Crippen molar-refractivity contribution in [1.29, 1.82) is 0 Å². The number of carbonyl (C=O) groups is 1. The standard InChI is InChI=1S/C18H28N2O3/c1-2-3-11-23-15-18(22)20-10-9-19(13-17(21)14-20)12-16-7-5-4-6-8-16/h4-8,17,21H,2-3,9-15H2,1H3. The van der Waals surface area contributed by atoms with Gasteiger partial charge in [-0.25, -0.2) is 0 Å². The lowest BCUT2D eigenvalue weighted by Gasteiger charge is -2.21. The lowest BCUT2D eigenvalue weighted by molar-refractivity contribution is -0.137. The second kappa shape index (κ2) is 9.65. The predicted octanol–water partition coefficient (Wildman–Crippen LogP) is 1.51. The van der Waals surface area contributed by atoms with Crippen molar-refractivity contribution in [3.05, 3.63) is 35.9 Å². The molecule has 23 heavy (non-hydrogen) atoms. The molecule has 1 unspecified atom stereocenters. The van der Waals surface area contributed by atoms with Crippen LogP contribution in [0.5, 0.6) is 0 Å². The second-order valence-corrected chi connectivity index (χ2v) is 6.12. The highest BCUT2D eigenvalue weighted by molar-refractivity contribution is 5.77. The predicted molar refractivity (Wildman–Crippen MR) is 90.0 cm³/mol. The molecule has 1 amide bonds. The molecular weight excluding hydrogens is 292 g/mol. The summed E-state index contributed by atoms with van der Waals surface area (Å²) in [5.41, 5.74) is 1.22. The van der Waals surface area contributed by atoms with Crippen LogP contribution in [0.2, 0.25) is 0 Å². The Labute approximate surface area is 138 Å². The number of hydrogen-bond donors (Lipinski definition) is 1. The molecule has 1 atom stereocenters. The maximum Gasteiger partial charge on any atom is 0.248 e. The van der Waals surface area contributed by atoms with Gasteiger partial charge in [-0.05, 0) is 12.0 Å². The average molecular weight is 320 g/mol. The fraction of sp³-hybridized carbons (Fsp3) is 0.611. The van der Waals surface area contributed by atoms with Crippen molar-refractivity contribution in [2.45, 2.75) is 32.4 Å². The Morgan fingerprint density at radius 2 is 2.04 bits per heavy atom. The Balaban J connectivity index is 1.81. The van der Waals surface area contributed by atoms with Crippen molar-refractivity contribution in [1.82, 2.24) is 9.80 Å². The third kappa shape index (κ3) is 6.29. The zero-order valence-corrected chi connectivity index (χ0v) is 14.0. The number of aliphatic hydroxyl groups is 1. The van der Waals surface area contributed by atoms with Crippen LogP contribution in [-0.4, -0.2) is 66.3 Å². The molecule has 128 valence electrons. The van der Waals surface area contributed by atoms with Crippen molar-refractivity contribution in [3.63, 3.8) is 0 Å². The quantitative estimate of drug-likeness (QED) is 0.774. The van der Waals surface area contributed by atoms with Gasteiger partial charge in [0, 0.05) is 39.3 Å². The Morgan fingerprint density at radius 1 is 1.26 bits per heavy atom. The van der Waals surface area contributed by atoms with Gasteiger partial charge in [0.2, 0.25) is 5.91 Å². The highest BCUT2D eigenvalue weighted by Gasteiger charge is 2.24. The first-order valence-corrected chi connectivity index (χ1v) is 8.49. The molecule has 1 N–H and O–H groups in total. The SMILES string of the molecule is CCCCOCC(=O)N1CCN(Cc2ccccc2)CC(O)C1. The minimum atomic E-state index is -0.513. The third-order valence-corrected chi connectivity index (χ3v) is 4.06. The van der Waals surface area contributed by atoms with Crippen LogP contribution in [0.4, 0.5) is 0 Å². The van der Waals surface area contributed by atoms with Gasteiger partial charge in [0.05, 0.1) is 6.10 Å². The van der Waals surface area contributed by atoms with Crippen molar-refractivity contribution in [2.75, 3.05) is 39.4 Å². The van der Waals surface area contributed by atoms with Gasteiger partial charge in [-0.2, -0.15) is 0 Å². The number of nitrogens with zero attached hydrogens (tertiary/aromatic N) is 2. The molecule has 0 radical (unpaired) electrons. The summed E-state index contributed by atoms with van der Waals surface area (Å²) >= 11 is 0. The molecule has 5 heteroatoms. The summed E-state index contributed by atoms with van der Waals surface area (Å²) in [6.45, 7) is 6.03. The number of rotatable bonds is 7. The van der Waals surface area contributed by atoms with Crippen molar-refractivity contribution >= 4 is 5.91 Å². The summed E-state index contributed by atoms with van der Waals surface area (Å²) in [7, 11) is 0. The minimum Gasteiger partial charge on any atom is -0.390 e. The highest BCUT2D eigenvalue weighted by Crippen LogP contribution is 2.10. The number of ether oxygens (including phenoxy) is 1. The molecule has 1 aromatic carbocycles. The van der Waals surface area contributed by atoms with Crippen LogP contribution in [0.3, 0.4) is 0 Å². The van der Waals surface area contributed by atoms with Gasteiger partial charge >= 0.3 is 0 Å². The van der Waals surface area contributed by atoms with E-state index in [1.165, 1.54) is 5.56 Å². The zero-order valence-electron chi connectivity index (χ0n) is 14.0. The summed E-state index contributed by atoms with van der Waals surface area (Å²) in [4.78, 5) is 16.1. The summed E-state index contributed by atoms with van der Waals surface area (Å²) in [6, 6.07) is 10.2. The summed E-state index contributed by atoms with van der Waals surface area (Å²) in [6.07, 6.45) is 1.52. The van der Waals surface area contributed by atoms with E-state index in [0.717, 1.165) is 25.9 Å². The van der Waals surface area contributed by atoms with Crippen molar-refractivity contribution in [3.8, 4) is 0 Å². The van der Waals surface area contributed by atoms with Crippen LogP contribution < -0.4 is 0 Å². The van der Waals surface area contributed by atoms with E-state index in [-0.39, 0.29) is 12.5 Å². The number of carbonyl (C=O) groups excluding carboxylic acids is 1. The molecule has 0 aliphatic carbocycles. The van der Waals surface area contributed by atoms with Gasteiger partial charge in [-0.15, -0.1) is 0 Å². The number of benzene rings is 1. The first-order chi connectivity index (χ1) is 11.2. The van der Waals surface area contributed by atoms with Crippen LogP contribution in [0.15, 0.2) is 30.3 Å². The minimum absolute atomic E-state index is 0.0262. The van der Waals surface area contributed by atoms with E-state index in [9.17, 15) is 9.90 Å². The van der Waals surface area contributed by atoms with Gasteiger partial charge in [0.15, 0.2) is 0 Å². The smallest absolute Gasteiger partial charge is 0.248 e. The first kappa shape index (κ1) is 17.9. The lowest BCUT2D eigenvalue weighted by atomic mass is 10.2. The molecule has 1 aliphatic rings. The molecule has 1 aliphatic heterocycles. The molecule has 0 spiro atoms. The Bertz CT molecular complexity index is 467. The highest BCUT2D eigenvalue weighted by atomic mass is 16.5. The average Bonchev–Trinajstić information content (AvgIpc) is 2.74. The lowest BCUT2D eigenvalue weighted by Crippen LogP contribution is -2.39. The molecule has 5 nitrogen and oxygen atoms in total. The van der Waals surface area contributed by atoms with Crippen LogP contribution >= 0.6 is 0 Å². The summed E-state index contributed by atoms with van der Waals surface area (Å²) in [5.74, 6) is -0.0262.